The van der Waals surface area contributed by atoms with Gasteiger partial charge in [-0.3, -0.25) is 5.10 Å². The highest BCUT2D eigenvalue weighted by Gasteiger charge is 2.10. The zero-order chi connectivity index (χ0) is 14.7. The van der Waals surface area contributed by atoms with Crippen molar-refractivity contribution in [2.75, 3.05) is 0 Å². The normalized spacial score (nSPS) is 12.5. The number of aryl methyl sites for hydroxylation is 1. The maximum Gasteiger partial charge on any atom is 0.0695 e. The van der Waals surface area contributed by atoms with Gasteiger partial charge < -0.3 is 5.32 Å². The zero-order valence-corrected chi connectivity index (χ0v) is 13.1. The third-order valence-corrected chi connectivity index (χ3v) is 4.68. The number of H-pyrrole nitrogens is 1. The first kappa shape index (κ1) is 14.0. The van der Waals surface area contributed by atoms with E-state index in [-0.39, 0.29) is 0 Å². The minimum atomic E-state index is 0.353. The Balaban J connectivity index is 1.72. The molecule has 21 heavy (non-hydrogen) atoms. The van der Waals surface area contributed by atoms with Gasteiger partial charge in [0.25, 0.3) is 0 Å². The Morgan fingerprint density at radius 1 is 1.24 bits per heavy atom. The predicted octanol–water partition coefficient (Wildman–Crippen LogP) is 4.30. The van der Waals surface area contributed by atoms with Crippen molar-refractivity contribution in [1.82, 2.24) is 15.5 Å². The molecule has 0 fully saturated rings. The van der Waals surface area contributed by atoms with Crippen LogP contribution in [0.3, 0.4) is 0 Å². The Hall–Kier alpha value is -1.91. The van der Waals surface area contributed by atoms with E-state index in [2.05, 4.69) is 71.1 Å². The Morgan fingerprint density at radius 2 is 2.05 bits per heavy atom. The number of hydrogen-bond donors (Lipinski definition) is 2. The van der Waals surface area contributed by atoms with Crippen molar-refractivity contribution in [1.29, 1.82) is 0 Å². The van der Waals surface area contributed by atoms with Gasteiger partial charge in [-0.2, -0.15) is 5.10 Å². The Bertz CT molecular complexity index is 683. The second kappa shape index (κ2) is 6.24. The summed E-state index contributed by atoms with van der Waals surface area (Å²) in [5, 5.41) is 13.0. The largest absolute Gasteiger partial charge is 0.305 e. The van der Waals surface area contributed by atoms with Crippen LogP contribution in [0.2, 0.25) is 0 Å². The van der Waals surface area contributed by atoms with Crippen molar-refractivity contribution >= 4 is 11.3 Å². The van der Waals surface area contributed by atoms with E-state index >= 15 is 0 Å². The maximum absolute atomic E-state index is 4.20. The van der Waals surface area contributed by atoms with Gasteiger partial charge in [-0.25, -0.2) is 0 Å². The number of aromatic amines is 1. The fraction of sp³-hybridized carbons (Fsp3) is 0.235. The zero-order valence-electron chi connectivity index (χ0n) is 12.3. The van der Waals surface area contributed by atoms with E-state index in [1.54, 1.807) is 11.3 Å². The molecule has 3 rings (SSSR count). The maximum atomic E-state index is 4.20. The molecule has 0 aliphatic carbocycles. The number of hydrogen-bond acceptors (Lipinski definition) is 3. The molecule has 4 heteroatoms. The number of nitrogens with zero attached hydrogens (tertiary/aromatic N) is 1. The topological polar surface area (TPSA) is 40.7 Å². The summed E-state index contributed by atoms with van der Waals surface area (Å²) in [7, 11) is 0. The molecule has 1 atom stereocenters. The van der Waals surface area contributed by atoms with Crippen LogP contribution in [-0.2, 0) is 6.54 Å². The highest BCUT2D eigenvalue weighted by Crippen LogP contribution is 2.23. The molecule has 0 aliphatic rings. The Kier molecular flexibility index (Phi) is 4.18. The summed E-state index contributed by atoms with van der Waals surface area (Å²) in [6.45, 7) is 5.10. The van der Waals surface area contributed by atoms with Gasteiger partial charge in [-0.1, -0.05) is 35.9 Å². The van der Waals surface area contributed by atoms with Crippen molar-refractivity contribution < 1.29 is 0 Å². The molecule has 0 saturated carbocycles. The van der Waals surface area contributed by atoms with Crippen LogP contribution >= 0.6 is 11.3 Å². The van der Waals surface area contributed by atoms with Crippen LogP contribution in [-0.4, -0.2) is 10.2 Å². The van der Waals surface area contributed by atoms with Crippen molar-refractivity contribution in [3.63, 3.8) is 0 Å². The van der Waals surface area contributed by atoms with Crippen LogP contribution < -0.4 is 5.32 Å². The van der Waals surface area contributed by atoms with Crippen LogP contribution in [0.25, 0.3) is 11.3 Å². The molecule has 0 aliphatic heterocycles. The molecule has 0 bridgehead atoms. The lowest BCUT2D eigenvalue weighted by atomic mass is 10.1. The van der Waals surface area contributed by atoms with Gasteiger partial charge in [0.2, 0.25) is 0 Å². The van der Waals surface area contributed by atoms with Crippen LogP contribution in [0.4, 0.5) is 0 Å². The molecule has 0 unspecified atom stereocenters. The van der Waals surface area contributed by atoms with E-state index in [0.717, 1.165) is 12.2 Å². The molecule has 2 N–H and O–H groups in total. The lowest BCUT2D eigenvalue weighted by Crippen LogP contribution is -2.17. The molecule has 0 amide bonds. The second-order valence-corrected chi connectivity index (χ2v) is 6.23. The van der Waals surface area contributed by atoms with E-state index in [1.807, 2.05) is 6.20 Å². The minimum absolute atomic E-state index is 0.353. The summed E-state index contributed by atoms with van der Waals surface area (Å²) in [4.78, 5) is 1.36. The number of rotatable bonds is 5. The fourth-order valence-corrected chi connectivity index (χ4v) is 3.08. The first-order valence-corrected chi connectivity index (χ1v) is 7.98. The first-order chi connectivity index (χ1) is 10.2. The minimum Gasteiger partial charge on any atom is -0.305 e. The Labute approximate surface area is 129 Å². The van der Waals surface area contributed by atoms with Crippen molar-refractivity contribution in [3.05, 3.63) is 64.0 Å². The van der Waals surface area contributed by atoms with Gasteiger partial charge in [-0.15, -0.1) is 11.3 Å². The molecule has 0 radical (unpaired) electrons. The SMILES string of the molecule is Cc1ccc(-c2[nH]ncc2CN[C@H](C)c2cccs2)cc1. The molecule has 1 aromatic carbocycles. The van der Waals surface area contributed by atoms with Crippen LogP contribution in [0.5, 0.6) is 0 Å². The van der Waals surface area contributed by atoms with Crippen molar-refractivity contribution in [3.8, 4) is 11.3 Å². The highest BCUT2D eigenvalue weighted by molar-refractivity contribution is 7.10. The smallest absolute Gasteiger partial charge is 0.0695 e. The summed E-state index contributed by atoms with van der Waals surface area (Å²) in [5.74, 6) is 0. The quantitative estimate of drug-likeness (QED) is 0.737. The monoisotopic (exact) mass is 297 g/mol. The van der Waals surface area contributed by atoms with Crippen LogP contribution in [0.1, 0.15) is 29.0 Å². The number of nitrogens with one attached hydrogen (secondary N) is 2. The lowest BCUT2D eigenvalue weighted by molar-refractivity contribution is 0.583. The molecule has 3 aromatic rings. The molecule has 0 spiro atoms. The van der Waals surface area contributed by atoms with Gasteiger partial charge >= 0.3 is 0 Å². The average molecular weight is 297 g/mol. The average Bonchev–Trinajstić information content (AvgIpc) is 3.17. The predicted molar refractivity (Wildman–Crippen MR) is 88.3 cm³/mol. The number of benzene rings is 1. The van der Waals surface area contributed by atoms with Crippen LogP contribution in [0, 0.1) is 6.92 Å². The van der Waals surface area contributed by atoms with E-state index < -0.39 is 0 Å². The van der Waals surface area contributed by atoms with Gasteiger partial charge in [0, 0.05) is 23.0 Å². The number of thiophene rings is 1. The molecule has 2 aromatic heterocycles. The first-order valence-electron chi connectivity index (χ1n) is 7.10. The molecule has 108 valence electrons. The van der Waals surface area contributed by atoms with Crippen molar-refractivity contribution in [2.45, 2.75) is 26.4 Å². The number of aromatic nitrogens is 2. The highest BCUT2D eigenvalue weighted by atomic mass is 32.1. The lowest BCUT2D eigenvalue weighted by Gasteiger charge is -2.12. The molecular formula is C17H19N3S. The molecular weight excluding hydrogens is 278 g/mol. The molecule has 2 heterocycles. The van der Waals surface area contributed by atoms with E-state index in [1.165, 1.54) is 21.6 Å². The summed E-state index contributed by atoms with van der Waals surface area (Å²) >= 11 is 1.78. The second-order valence-electron chi connectivity index (χ2n) is 5.25. The van der Waals surface area contributed by atoms with Gasteiger partial charge in [-0.05, 0) is 30.9 Å². The van der Waals surface area contributed by atoms with E-state index in [0.29, 0.717) is 6.04 Å². The summed E-state index contributed by atoms with van der Waals surface area (Å²) < 4.78 is 0. The van der Waals surface area contributed by atoms with Gasteiger partial charge in [0.05, 0.1) is 11.9 Å². The Morgan fingerprint density at radius 3 is 2.76 bits per heavy atom. The molecule has 0 saturated heterocycles. The van der Waals surface area contributed by atoms with Crippen LogP contribution in [0.15, 0.2) is 48.0 Å². The summed E-state index contributed by atoms with van der Waals surface area (Å²) in [5.41, 5.74) is 4.74. The van der Waals surface area contributed by atoms with E-state index in [9.17, 15) is 0 Å². The van der Waals surface area contributed by atoms with Gasteiger partial charge in [0.15, 0.2) is 0 Å². The summed E-state index contributed by atoms with van der Waals surface area (Å²) in [6.07, 6.45) is 1.91. The standard InChI is InChI=1S/C17H19N3S/c1-12-5-7-14(8-6-12)17-15(11-19-20-17)10-18-13(2)16-4-3-9-21-16/h3-9,11,13,18H,10H2,1-2H3,(H,19,20)/t13-/m1/s1. The van der Waals surface area contributed by atoms with E-state index in [4.69, 9.17) is 0 Å². The summed E-state index contributed by atoms with van der Waals surface area (Å²) in [6, 6.07) is 13.1. The fourth-order valence-electron chi connectivity index (χ4n) is 2.32. The third-order valence-electron chi connectivity index (χ3n) is 3.63. The van der Waals surface area contributed by atoms with Crippen molar-refractivity contribution in [2.24, 2.45) is 0 Å². The van der Waals surface area contributed by atoms with Gasteiger partial charge in [0.1, 0.15) is 0 Å². The third kappa shape index (κ3) is 3.23. The molecule has 3 nitrogen and oxygen atoms in total.